The first-order valence-corrected chi connectivity index (χ1v) is 13.7. The number of hydrogen-bond acceptors (Lipinski definition) is 7. The van der Waals surface area contributed by atoms with E-state index < -0.39 is 42.1 Å². The van der Waals surface area contributed by atoms with Gasteiger partial charge in [-0.15, -0.1) is 4.91 Å². The molecule has 0 bridgehead atoms. The average Bonchev–Trinajstić information content (AvgIpc) is 3.24. The van der Waals surface area contributed by atoms with Crippen molar-refractivity contribution < 1.29 is 37.4 Å². The highest BCUT2D eigenvalue weighted by Gasteiger charge is 2.91. The Labute approximate surface area is 229 Å². The van der Waals surface area contributed by atoms with Gasteiger partial charge in [0.05, 0.1) is 0 Å². The molecule has 0 radical (unpaired) electrons. The maximum absolute atomic E-state index is 14.0. The summed E-state index contributed by atoms with van der Waals surface area (Å²) in [6.45, 7) is 6.48. The van der Waals surface area contributed by atoms with Crippen LogP contribution in [-0.4, -0.2) is 64.8 Å². The van der Waals surface area contributed by atoms with Crippen molar-refractivity contribution in [3.63, 3.8) is 0 Å². The lowest BCUT2D eigenvalue weighted by Gasteiger charge is -2.46. The van der Waals surface area contributed by atoms with Crippen molar-refractivity contribution in [3.05, 3.63) is 34.7 Å². The highest BCUT2D eigenvalue weighted by Crippen LogP contribution is 2.93. The molecule has 7 atom stereocenters. The number of carbonyl (C=O) groups is 3. The van der Waals surface area contributed by atoms with Crippen LogP contribution in [0.4, 0.5) is 18.9 Å². The van der Waals surface area contributed by atoms with Gasteiger partial charge in [0.25, 0.3) is 5.91 Å². The maximum atomic E-state index is 14.0. The minimum absolute atomic E-state index is 0.00277. The Hall–Kier alpha value is -3.02. The van der Waals surface area contributed by atoms with Crippen LogP contribution in [0.15, 0.2) is 29.4 Å². The van der Waals surface area contributed by atoms with Crippen molar-refractivity contribution in [2.45, 2.75) is 89.8 Å². The summed E-state index contributed by atoms with van der Waals surface area (Å²) in [7, 11) is 0. The summed E-state index contributed by atoms with van der Waals surface area (Å²) in [5, 5.41) is 14.6. The van der Waals surface area contributed by atoms with Gasteiger partial charge in [-0.1, -0.05) is 32.9 Å². The van der Waals surface area contributed by atoms with Gasteiger partial charge in [0.1, 0.15) is 23.9 Å². The quantitative estimate of drug-likeness (QED) is 0.365. The molecule has 0 aromatic heterocycles. The fourth-order valence-electron chi connectivity index (χ4n) is 8.38. The molecule has 9 nitrogen and oxygen atoms in total. The number of rotatable bonds is 8. The van der Waals surface area contributed by atoms with Crippen LogP contribution in [-0.2, 0) is 25.5 Å². The number of carbonyl (C=O) groups excluding carboxylic acids is 3. The van der Waals surface area contributed by atoms with Crippen molar-refractivity contribution in [1.29, 1.82) is 0 Å². The number of aliphatic hydroxyl groups is 1. The van der Waals surface area contributed by atoms with E-state index >= 15 is 0 Å². The van der Waals surface area contributed by atoms with Crippen molar-refractivity contribution in [3.8, 4) is 0 Å². The second-order valence-electron chi connectivity index (χ2n) is 12.4. The van der Waals surface area contributed by atoms with Crippen LogP contribution in [0.1, 0.15) is 58.4 Å². The molecule has 2 amide bonds. The van der Waals surface area contributed by atoms with Crippen LogP contribution < -0.4 is 5.32 Å². The number of likely N-dealkylation sites (tertiary alicyclic amines) is 1. The molecule has 3 saturated carbocycles. The number of nitrogens with zero attached hydrogens (tertiary/aromatic N) is 2. The standard InChI is InChI=1S/C28H34F3N3O6/c1-25(2)26(3)11-10-16-14-20(27(16,25)26)40-24(38)18-5-4-12-34(18)23(37)21(28(29,30)31)32-22(36)19(35)13-15-6-8-17(33-39)9-7-15/h6-9,16,18-21,35H,4-5,10-14H2,1-3H3,(H,32,36). The zero-order valence-electron chi connectivity index (χ0n) is 22.7. The molecule has 5 rings (SSSR count). The fraction of sp³-hybridized carbons (Fsp3) is 0.679. The summed E-state index contributed by atoms with van der Waals surface area (Å²) in [6, 6.07) is 1.37. The first-order valence-electron chi connectivity index (χ1n) is 13.7. The lowest BCUT2D eigenvalue weighted by atomic mass is 9.64. The third kappa shape index (κ3) is 4.04. The molecule has 1 heterocycles. The second-order valence-corrected chi connectivity index (χ2v) is 12.4. The maximum Gasteiger partial charge on any atom is 0.417 e. The largest absolute Gasteiger partial charge is 0.460 e. The lowest BCUT2D eigenvalue weighted by Crippen LogP contribution is -2.59. The predicted octanol–water partition coefficient (Wildman–Crippen LogP) is 3.78. The number of ether oxygens (including phenoxy) is 1. The number of halogens is 3. The van der Waals surface area contributed by atoms with Gasteiger partial charge < -0.3 is 20.1 Å². The molecule has 4 aliphatic rings. The van der Waals surface area contributed by atoms with Crippen LogP contribution in [0, 0.1) is 27.1 Å². The van der Waals surface area contributed by atoms with Crippen LogP contribution in [0.5, 0.6) is 0 Å². The average molecular weight is 566 g/mol. The van der Waals surface area contributed by atoms with Gasteiger partial charge in [-0.05, 0) is 71.7 Å². The highest BCUT2D eigenvalue weighted by atomic mass is 19.4. The molecule has 1 aliphatic heterocycles. The molecule has 1 aromatic carbocycles. The van der Waals surface area contributed by atoms with E-state index in [1.165, 1.54) is 24.3 Å². The zero-order valence-corrected chi connectivity index (χ0v) is 22.7. The van der Waals surface area contributed by atoms with Gasteiger partial charge in [-0.3, -0.25) is 9.59 Å². The van der Waals surface area contributed by atoms with Crippen LogP contribution in [0.3, 0.4) is 0 Å². The Bertz CT molecular complexity index is 1220. The summed E-state index contributed by atoms with van der Waals surface area (Å²) >= 11 is 0. The van der Waals surface area contributed by atoms with Gasteiger partial charge >= 0.3 is 12.1 Å². The number of alkyl halides is 3. The van der Waals surface area contributed by atoms with E-state index in [2.05, 4.69) is 25.9 Å². The number of aliphatic hydroxyl groups excluding tert-OH is 1. The molecule has 1 aromatic rings. The SMILES string of the molecule is CC1(C)C2(C)CCC3CC(OC(=O)C4CCCN4C(=O)C(NC(=O)C(O)Cc4ccc(N=O)cc4)C(F)(F)F)C312. The third-order valence-electron chi connectivity index (χ3n) is 10.6. The minimum atomic E-state index is -5.16. The van der Waals surface area contributed by atoms with Crippen LogP contribution >= 0.6 is 0 Å². The molecule has 4 fully saturated rings. The Kier molecular flexibility index (Phi) is 6.79. The number of nitroso groups, excluding NO2 is 1. The van der Waals surface area contributed by atoms with E-state index in [0.29, 0.717) is 17.9 Å². The van der Waals surface area contributed by atoms with E-state index in [0.717, 1.165) is 24.2 Å². The lowest BCUT2D eigenvalue weighted by molar-refractivity contribution is -0.186. The predicted molar refractivity (Wildman–Crippen MR) is 136 cm³/mol. The molecule has 1 spiro atoms. The Balaban J connectivity index is 1.24. The van der Waals surface area contributed by atoms with E-state index in [9.17, 15) is 37.6 Å². The molecule has 12 heteroatoms. The van der Waals surface area contributed by atoms with Crippen molar-refractivity contribution in [1.82, 2.24) is 10.2 Å². The van der Waals surface area contributed by atoms with Gasteiger partial charge in [-0.2, -0.15) is 13.2 Å². The Morgan fingerprint density at radius 2 is 1.85 bits per heavy atom. The second kappa shape index (κ2) is 9.53. The highest BCUT2D eigenvalue weighted by molar-refractivity contribution is 5.93. The van der Waals surface area contributed by atoms with Gasteiger partial charge in [0.15, 0.2) is 0 Å². The number of benzene rings is 1. The molecule has 7 unspecified atom stereocenters. The van der Waals surface area contributed by atoms with Crippen LogP contribution in [0.2, 0.25) is 0 Å². The summed E-state index contributed by atoms with van der Waals surface area (Å²) in [5.74, 6) is -3.10. The van der Waals surface area contributed by atoms with E-state index in [4.69, 9.17) is 4.74 Å². The molecule has 3 aliphatic carbocycles. The topological polar surface area (TPSA) is 125 Å². The summed E-state index contributed by atoms with van der Waals surface area (Å²) < 4.78 is 47.9. The fourth-order valence-corrected chi connectivity index (χ4v) is 8.38. The minimum Gasteiger partial charge on any atom is -0.460 e. The van der Waals surface area contributed by atoms with Gasteiger partial charge in [0.2, 0.25) is 11.9 Å². The van der Waals surface area contributed by atoms with Gasteiger partial charge in [0, 0.05) is 18.4 Å². The number of nitrogens with one attached hydrogen (secondary N) is 1. The van der Waals surface area contributed by atoms with Crippen molar-refractivity contribution in [2.24, 2.45) is 27.3 Å². The smallest absolute Gasteiger partial charge is 0.417 e. The van der Waals surface area contributed by atoms with E-state index in [1.807, 2.05) is 0 Å². The molecular weight excluding hydrogens is 531 g/mol. The number of amides is 2. The Morgan fingerprint density at radius 3 is 2.42 bits per heavy atom. The summed E-state index contributed by atoms with van der Waals surface area (Å²) in [5.41, 5.74) is 0.420. The Morgan fingerprint density at radius 1 is 1.18 bits per heavy atom. The molecule has 2 N–H and O–H groups in total. The monoisotopic (exact) mass is 565 g/mol. The van der Waals surface area contributed by atoms with E-state index in [1.54, 1.807) is 5.32 Å². The molecule has 40 heavy (non-hydrogen) atoms. The molecular formula is C28H34F3N3O6. The first-order chi connectivity index (χ1) is 18.7. The summed E-state index contributed by atoms with van der Waals surface area (Å²) in [6.07, 6.45) is -4.39. The third-order valence-corrected chi connectivity index (χ3v) is 10.6. The number of esters is 1. The van der Waals surface area contributed by atoms with Crippen molar-refractivity contribution >= 4 is 23.5 Å². The normalized spacial score (nSPS) is 33.2. The molecule has 1 saturated heterocycles. The zero-order chi connectivity index (χ0) is 29.3. The number of hydrogen-bond donors (Lipinski definition) is 2. The van der Waals surface area contributed by atoms with Gasteiger partial charge in [-0.25, -0.2) is 4.79 Å². The van der Waals surface area contributed by atoms with Crippen molar-refractivity contribution in [2.75, 3.05) is 6.54 Å². The summed E-state index contributed by atoms with van der Waals surface area (Å²) in [4.78, 5) is 50.2. The van der Waals surface area contributed by atoms with E-state index in [-0.39, 0.29) is 47.4 Å². The van der Waals surface area contributed by atoms with Crippen LogP contribution in [0.25, 0.3) is 0 Å². The molecule has 218 valence electrons. The first kappa shape index (κ1) is 28.5.